The number of nitrogens with one attached hydrogen (secondary N) is 1. The molecule has 0 aliphatic carbocycles. The maximum absolute atomic E-state index is 12.1. The largest absolute Gasteiger partial charge is 0.444 e. The summed E-state index contributed by atoms with van der Waals surface area (Å²) in [4.78, 5) is 20.4. The minimum absolute atomic E-state index is 0. The molecule has 0 aromatic heterocycles. The van der Waals surface area contributed by atoms with Crippen molar-refractivity contribution in [1.82, 2.24) is 15.1 Å². The summed E-state index contributed by atoms with van der Waals surface area (Å²) in [5, 5.41) is 3.43. The molecule has 0 radical (unpaired) electrons. The van der Waals surface area contributed by atoms with Crippen LogP contribution in [-0.2, 0) is 9.47 Å². The van der Waals surface area contributed by atoms with Gasteiger partial charge in [-0.25, -0.2) is 4.79 Å². The minimum atomic E-state index is -0.470. The van der Waals surface area contributed by atoms with Gasteiger partial charge in [0.1, 0.15) is 5.60 Å². The monoisotopic (exact) mass is 498 g/mol. The minimum Gasteiger partial charge on any atom is -0.444 e. The van der Waals surface area contributed by atoms with Gasteiger partial charge in [0.15, 0.2) is 5.96 Å². The number of halogens is 1. The number of hydrogen-bond donors (Lipinski definition) is 1. The summed E-state index contributed by atoms with van der Waals surface area (Å²) < 4.78 is 11.1. The van der Waals surface area contributed by atoms with Crippen molar-refractivity contribution in [3.8, 4) is 0 Å². The van der Waals surface area contributed by atoms with E-state index in [1.54, 1.807) is 11.9 Å². The molecule has 0 aromatic rings. The van der Waals surface area contributed by atoms with Crippen LogP contribution >= 0.6 is 24.0 Å². The Balaban J connectivity index is 0.00000676. The molecule has 1 aliphatic rings. The number of amides is 1. The second-order valence-corrected chi connectivity index (χ2v) is 8.04. The van der Waals surface area contributed by atoms with Crippen molar-refractivity contribution in [2.75, 3.05) is 46.9 Å². The summed E-state index contributed by atoms with van der Waals surface area (Å²) in [5.41, 5.74) is -0.470. The molecular weight excluding hydrogens is 459 g/mol. The molecule has 0 spiro atoms. The van der Waals surface area contributed by atoms with Gasteiger partial charge in [-0.05, 0) is 46.5 Å². The van der Waals surface area contributed by atoms with Crippen LogP contribution in [0.2, 0.25) is 0 Å². The lowest BCUT2D eigenvalue weighted by Gasteiger charge is -2.34. The number of carbonyl (C=O) groups is 1. The Hall–Kier alpha value is -0.770. The van der Waals surface area contributed by atoms with Crippen LogP contribution in [-0.4, -0.2) is 80.4 Å². The maximum atomic E-state index is 12.1. The first-order valence-corrected chi connectivity index (χ1v) is 9.67. The van der Waals surface area contributed by atoms with E-state index in [-0.39, 0.29) is 36.0 Å². The molecule has 0 saturated carbocycles. The SMILES string of the molecule is CCOC1CCN(C(=NC)NCC(C)CN(C)C(=O)OC(C)(C)C)CC1.I. The highest BCUT2D eigenvalue weighted by molar-refractivity contribution is 14.0. The second kappa shape index (κ2) is 12.6. The zero-order valence-corrected chi connectivity index (χ0v) is 20.4. The normalized spacial score (nSPS) is 17.1. The molecule has 27 heavy (non-hydrogen) atoms. The zero-order chi connectivity index (χ0) is 19.7. The highest BCUT2D eigenvalue weighted by Crippen LogP contribution is 2.14. The summed E-state index contributed by atoms with van der Waals surface area (Å²) in [6.45, 7) is 13.9. The van der Waals surface area contributed by atoms with Crippen LogP contribution in [0.4, 0.5) is 4.79 Å². The number of piperidine rings is 1. The number of ether oxygens (including phenoxy) is 2. The van der Waals surface area contributed by atoms with Crippen molar-refractivity contribution >= 4 is 36.0 Å². The smallest absolute Gasteiger partial charge is 0.410 e. The highest BCUT2D eigenvalue weighted by atomic mass is 127. The number of likely N-dealkylation sites (tertiary alicyclic amines) is 1. The number of rotatable bonds is 6. The van der Waals surface area contributed by atoms with Gasteiger partial charge >= 0.3 is 6.09 Å². The summed E-state index contributed by atoms with van der Waals surface area (Å²) in [6.07, 6.45) is 2.15. The average Bonchev–Trinajstić information content (AvgIpc) is 2.55. The number of carbonyl (C=O) groups excluding carboxylic acids is 1. The van der Waals surface area contributed by atoms with Crippen LogP contribution in [0.3, 0.4) is 0 Å². The van der Waals surface area contributed by atoms with Crippen LogP contribution in [0.15, 0.2) is 4.99 Å². The highest BCUT2D eigenvalue weighted by Gasteiger charge is 2.23. The van der Waals surface area contributed by atoms with Crippen molar-refractivity contribution < 1.29 is 14.3 Å². The van der Waals surface area contributed by atoms with Gasteiger partial charge in [-0.2, -0.15) is 0 Å². The van der Waals surface area contributed by atoms with Crippen molar-refractivity contribution in [2.45, 2.75) is 59.2 Å². The van der Waals surface area contributed by atoms with E-state index >= 15 is 0 Å². The Bertz CT molecular complexity index is 460. The molecule has 7 nitrogen and oxygen atoms in total. The van der Waals surface area contributed by atoms with Crippen LogP contribution in [0, 0.1) is 5.92 Å². The predicted octanol–water partition coefficient (Wildman–Crippen LogP) is 3.18. The first-order valence-electron chi connectivity index (χ1n) is 9.67. The number of hydrogen-bond acceptors (Lipinski definition) is 4. The van der Waals surface area contributed by atoms with Crippen molar-refractivity contribution in [3.05, 3.63) is 0 Å². The van der Waals surface area contributed by atoms with Gasteiger partial charge in [-0.1, -0.05) is 6.92 Å². The third kappa shape index (κ3) is 10.4. The molecule has 1 heterocycles. The predicted molar refractivity (Wildman–Crippen MR) is 121 cm³/mol. The third-order valence-electron chi connectivity index (χ3n) is 4.26. The lowest BCUT2D eigenvalue weighted by atomic mass is 10.1. The Morgan fingerprint density at radius 2 is 1.93 bits per heavy atom. The molecule has 1 saturated heterocycles. The van der Waals surface area contributed by atoms with Crippen molar-refractivity contribution in [1.29, 1.82) is 0 Å². The molecular formula is C19H39IN4O3. The summed E-state index contributed by atoms with van der Waals surface area (Å²) in [7, 11) is 3.59. The quantitative estimate of drug-likeness (QED) is 0.346. The van der Waals surface area contributed by atoms with Crippen LogP contribution in [0.5, 0.6) is 0 Å². The molecule has 0 bridgehead atoms. The standard InChI is InChI=1S/C19H38N4O3.HI/c1-8-25-16-9-11-23(12-10-16)17(20-6)21-13-15(2)14-22(7)18(24)26-19(3,4)5;/h15-16H,8-14H2,1-7H3,(H,20,21);1H. The lowest BCUT2D eigenvalue weighted by molar-refractivity contribution is 0.0262. The second-order valence-electron chi connectivity index (χ2n) is 8.04. The number of guanidine groups is 1. The van der Waals surface area contributed by atoms with E-state index in [1.807, 2.05) is 34.7 Å². The molecule has 0 aromatic carbocycles. The van der Waals surface area contributed by atoms with Gasteiger partial charge in [0, 0.05) is 46.9 Å². The van der Waals surface area contributed by atoms with Gasteiger partial charge in [-0.15, -0.1) is 24.0 Å². The van der Waals surface area contributed by atoms with Gasteiger partial charge in [-0.3, -0.25) is 4.99 Å². The molecule has 1 rings (SSSR count). The van der Waals surface area contributed by atoms with Gasteiger partial charge in [0.25, 0.3) is 0 Å². The van der Waals surface area contributed by atoms with Crippen molar-refractivity contribution in [2.24, 2.45) is 10.9 Å². The van der Waals surface area contributed by atoms with E-state index < -0.39 is 5.60 Å². The zero-order valence-electron chi connectivity index (χ0n) is 18.1. The maximum Gasteiger partial charge on any atom is 0.410 e. The fourth-order valence-corrected chi connectivity index (χ4v) is 3.01. The van der Waals surface area contributed by atoms with E-state index in [2.05, 4.69) is 22.1 Å². The third-order valence-corrected chi connectivity index (χ3v) is 4.26. The fourth-order valence-electron chi connectivity index (χ4n) is 3.01. The summed E-state index contributed by atoms with van der Waals surface area (Å²) >= 11 is 0. The Kier molecular flexibility index (Phi) is 12.3. The molecule has 1 N–H and O–H groups in total. The summed E-state index contributed by atoms with van der Waals surface area (Å²) in [5.74, 6) is 1.21. The van der Waals surface area contributed by atoms with E-state index in [9.17, 15) is 4.79 Å². The van der Waals surface area contributed by atoms with E-state index in [0.717, 1.165) is 45.0 Å². The molecule has 1 atom stereocenters. The molecule has 1 unspecified atom stereocenters. The Morgan fingerprint density at radius 3 is 2.41 bits per heavy atom. The van der Waals surface area contributed by atoms with Crippen LogP contribution < -0.4 is 5.32 Å². The average molecular weight is 498 g/mol. The van der Waals surface area contributed by atoms with E-state index in [1.165, 1.54) is 0 Å². The Morgan fingerprint density at radius 1 is 1.33 bits per heavy atom. The van der Waals surface area contributed by atoms with E-state index in [4.69, 9.17) is 9.47 Å². The van der Waals surface area contributed by atoms with Gasteiger partial charge < -0.3 is 24.6 Å². The van der Waals surface area contributed by atoms with Gasteiger partial charge in [0.05, 0.1) is 6.10 Å². The molecule has 160 valence electrons. The molecule has 1 fully saturated rings. The first-order chi connectivity index (χ1) is 12.2. The number of aliphatic imine (C=N–C) groups is 1. The fraction of sp³-hybridized carbons (Fsp3) is 0.895. The van der Waals surface area contributed by atoms with Gasteiger partial charge in [0.2, 0.25) is 0 Å². The molecule has 1 amide bonds. The Labute approximate surface area is 182 Å². The first kappa shape index (κ1) is 26.2. The number of nitrogens with zero attached hydrogens (tertiary/aromatic N) is 3. The molecule has 1 aliphatic heterocycles. The van der Waals surface area contributed by atoms with Crippen LogP contribution in [0.1, 0.15) is 47.5 Å². The molecule has 8 heteroatoms. The van der Waals surface area contributed by atoms with E-state index in [0.29, 0.717) is 12.6 Å². The van der Waals surface area contributed by atoms with Crippen molar-refractivity contribution in [3.63, 3.8) is 0 Å². The summed E-state index contributed by atoms with van der Waals surface area (Å²) in [6, 6.07) is 0. The topological polar surface area (TPSA) is 66.4 Å². The lowest BCUT2D eigenvalue weighted by Crippen LogP contribution is -2.48. The van der Waals surface area contributed by atoms with Crippen LogP contribution in [0.25, 0.3) is 0 Å².